The highest BCUT2D eigenvalue weighted by Crippen LogP contribution is 2.19. The van der Waals surface area contributed by atoms with E-state index in [1.165, 1.54) is 276 Å². The van der Waals surface area contributed by atoms with E-state index in [4.69, 9.17) is 14.2 Å². The van der Waals surface area contributed by atoms with Gasteiger partial charge < -0.3 is 14.2 Å². The van der Waals surface area contributed by atoms with Crippen LogP contribution in [0, 0.1) is 0 Å². The third-order valence-electron chi connectivity index (χ3n) is 16.6. The highest BCUT2D eigenvalue weighted by molar-refractivity contribution is 5.71. The Morgan fingerprint density at radius 2 is 0.476 bits per heavy atom. The smallest absolute Gasteiger partial charge is 0.306 e. The van der Waals surface area contributed by atoms with Crippen LogP contribution in [0.15, 0.2) is 48.6 Å². The van der Waals surface area contributed by atoms with Crippen LogP contribution in [0.2, 0.25) is 0 Å². The van der Waals surface area contributed by atoms with Crippen LogP contribution in [-0.4, -0.2) is 37.2 Å². The van der Waals surface area contributed by atoms with Gasteiger partial charge in [0.15, 0.2) is 6.10 Å². The third kappa shape index (κ3) is 68.2. The van der Waals surface area contributed by atoms with Crippen LogP contribution in [-0.2, 0) is 28.6 Å². The lowest BCUT2D eigenvalue weighted by Gasteiger charge is -2.18. The van der Waals surface area contributed by atoms with Gasteiger partial charge in [0.1, 0.15) is 13.2 Å². The van der Waals surface area contributed by atoms with Gasteiger partial charge in [0.2, 0.25) is 0 Å². The van der Waals surface area contributed by atoms with Crippen molar-refractivity contribution >= 4 is 17.9 Å². The monoisotopic (exact) mass is 1150 g/mol. The van der Waals surface area contributed by atoms with Crippen LogP contribution < -0.4 is 0 Å². The number of esters is 3. The highest BCUT2D eigenvalue weighted by atomic mass is 16.6. The van der Waals surface area contributed by atoms with Crippen molar-refractivity contribution in [2.45, 2.75) is 406 Å². The Hall–Kier alpha value is -2.63. The van der Waals surface area contributed by atoms with Crippen molar-refractivity contribution in [1.82, 2.24) is 0 Å². The maximum atomic E-state index is 13.0. The number of hydrogen-bond acceptors (Lipinski definition) is 6. The predicted molar refractivity (Wildman–Crippen MR) is 358 cm³/mol. The largest absolute Gasteiger partial charge is 0.462 e. The van der Waals surface area contributed by atoms with Gasteiger partial charge in [0.25, 0.3) is 0 Å². The Labute approximate surface area is 511 Å². The Balaban J connectivity index is 4.20. The molecule has 0 bridgehead atoms. The summed E-state index contributed by atoms with van der Waals surface area (Å²) in [5.41, 5.74) is 0. The van der Waals surface area contributed by atoms with Gasteiger partial charge in [-0.05, 0) is 57.8 Å². The normalized spacial score (nSPS) is 12.3. The van der Waals surface area contributed by atoms with Crippen molar-refractivity contribution in [3.05, 3.63) is 48.6 Å². The van der Waals surface area contributed by atoms with Crippen LogP contribution >= 0.6 is 0 Å². The van der Waals surface area contributed by atoms with Gasteiger partial charge in [-0.25, -0.2) is 0 Å². The lowest BCUT2D eigenvalue weighted by atomic mass is 10.0. The van der Waals surface area contributed by atoms with Crippen molar-refractivity contribution in [2.24, 2.45) is 0 Å². The molecular formula is C76H140O6. The molecule has 0 heterocycles. The Morgan fingerprint density at radius 1 is 0.256 bits per heavy atom. The van der Waals surface area contributed by atoms with Crippen molar-refractivity contribution in [3.63, 3.8) is 0 Å². The molecule has 6 heteroatoms. The summed E-state index contributed by atoms with van der Waals surface area (Å²) in [7, 11) is 0. The lowest BCUT2D eigenvalue weighted by Crippen LogP contribution is -2.30. The van der Waals surface area contributed by atoms with Crippen molar-refractivity contribution in [1.29, 1.82) is 0 Å². The predicted octanol–water partition coefficient (Wildman–Crippen LogP) is 25.3. The Bertz CT molecular complexity index is 1410. The van der Waals surface area contributed by atoms with Crippen LogP contribution in [0.1, 0.15) is 400 Å². The van der Waals surface area contributed by atoms with E-state index in [2.05, 4.69) is 69.4 Å². The summed E-state index contributed by atoms with van der Waals surface area (Å²) in [6.07, 6.45) is 90.1. The van der Waals surface area contributed by atoms with E-state index in [1.807, 2.05) is 0 Å². The zero-order valence-electron chi connectivity index (χ0n) is 55.3. The van der Waals surface area contributed by atoms with E-state index in [1.54, 1.807) is 0 Å². The molecule has 6 nitrogen and oxygen atoms in total. The summed E-state index contributed by atoms with van der Waals surface area (Å²) in [4.78, 5) is 38.5. The second-order valence-corrected chi connectivity index (χ2v) is 24.8. The average Bonchev–Trinajstić information content (AvgIpc) is 3.47. The van der Waals surface area contributed by atoms with Crippen LogP contribution in [0.4, 0.5) is 0 Å². The number of rotatable bonds is 68. The zero-order chi connectivity index (χ0) is 59.2. The van der Waals surface area contributed by atoms with Crippen LogP contribution in [0.5, 0.6) is 0 Å². The van der Waals surface area contributed by atoms with E-state index < -0.39 is 6.10 Å². The van der Waals surface area contributed by atoms with Gasteiger partial charge in [0, 0.05) is 19.3 Å². The van der Waals surface area contributed by atoms with Crippen LogP contribution in [0.25, 0.3) is 0 Å². The number of hydrogen-bond donors (Lipinski definition) is 0. The second kappa shape index (κ2) is 70.9. The molecule has 0 spiro atoms. The van der Waals surface area contributed by atoms with Gasteiger partial charge in [0.05, 0.1) is 0 Å². The number of ether oxygens (including phenoxy) is 3. The topological polar surface area (TPSA) is 78.9 Å². The van der Waals surface area contributed by atoms with Crippen molar-refractivity contribution in [3.8, 4) is 0 Å². The first-order chi connectivity index (χ1) is 40.5. The molecule has 480 valence electrons. The fourth-order valence-corrected chi connectivity index (χ4v) is 11.1. The summed E-state index contributed by atoms with van der Waals surface area (Å²) in [6, 6.07) is 0. The minimum Gasteiger partial charge on any atom is -0.462 e. The Kier molecular flexibility index (Phi) is 68.6. The summed E-state index contributed by atoms with van der Waals surface area (Å²) >= 11 is 0. The van der Waals surface area contributed by atoms with Gasteiger partial charge in [-0.3, -0.25) is 14.4 Å². The molecule has 0 fully saturated rings. The first-order valence-corrected chi connectivity index (χ1v) is 36.6. The molecule has 1 atom stereocenters. The molecular weight excluding hydrogens is 1010 g/mol. The van der Waals surface area contributed by atoms with Gasteiger partial charge in [-0.2, -0.15) is 0 Å². The second-order valence-electron chi connectivity index (χ2n) is 24.8. The Morgan fingerprint density at radius 3 is 0.744 bits per heavy atom. The lowest BCUT2D eigenvalue weighted by molar-refractivity contribution is -0.167. The maximum Gasteiger partial charge on any atom is 0.306 e. The molecule has 0 rings (SSSR count). The molecule has 82 heavy (non-hydrogen) atoms. The minimum absolute atomic E-state index is 0.0651. The fourth-order valence-electron chi connectivity index (χ4n) is 11.1. The summed E-state index contributed by atoms with van der Waals surface area (Å²) in [5.74, 6) is -0.832. The highest BCUT2D eigenvalue weighted by Gasteiger charge is 2.19. The summed E-state index contributed by atoms with van der Waals surface area (Å²) in [5, 5.41) is 0. The maximum absolute atomic E-state index is 13.0. The fraction of sp³-hybridized carbons (Fsp3) is 0.855. The molecule has 0 amide bonds. The van der Waals surface area contributed by atoms with Gasteiger partial charge in [-0.15, -0.1) is 0 Å². The van der Waals surface area contributed by atoms with Crippen molar-refractivity contribution in [2.75, 3.05) is 13.2 Å². The molecule has 0 aromatic heterocycles. The molecule has 1 unspecified atom stereocenters. The molecule has 0 aliphatic rings. The van der Waals surface area contributed by atoms with Crippen LogP contribution in [0.3, 0.4) is 0 Å². The average molecular weight is 1150 g/mol. The van der Waals surface area contributed by atoms with E-state index in [9.17, 15) is 14.4 Å². The minimum atomic E-state index is -0.769. The van der Waals surface area contributed by atoms with E-state index >= 15 is 0 Å². The number of carbonyl (C=O) groups excluding carboxylic acids is 3. The molecule has 0 radical (unpaired) electrons. The molecule has 0 aromatic carbocycles. The SMILES string of the molecule is CC/C=C\C/C=C\C/C=C\C/C=C\CCCCCCCCCCCCCCCCCCC(=O)OCC(COC(=O)CCCCCCCCCCCCCCCC)OC(=O)CCCCCCCCCCCCCCCCCCCCCCC. The molecule has 0 aliphatic carbocycles. The van der Waals surface area contributed by atoms with E-state index in [0.29, 0.717) is 19.3 Å². The first-order valence-electron chi connectivity index (χ1n) is 36.6. The van der Waals surface area contributed by atoms with E-state index in [-0.39, 0.29) is 31.1 Å². The summed E-state index contributed by atoms with van der Waals surface area (Å²) in [6.45, 7) is 6.61. The zero-order valence-corrected chi connectivity index (χ0v) is 55.3. The van der Waals surface area contributed by atoms with Gasteiger partial charge in [-0.1, -0.05) is 371 Å². The molecule has 0 saturated heterocycles. The third-order valence-corrected chi connectivity index (χ3v) is 16.6. The summed E-state index contributed by atoms with van der Waals surface area (Å²) < 4.78 is 17.0. The number of carbonyl (C=O) groups is 3. The van der Waals surface area contributed by atoms with Gasteiger partial charge >= 0.3 is 17.9 Å². The number of allylic oxidation sites excluding steroid dienone is 8. The number of unbranched alkanes of at least 4 members (excludes halogenated alkanes) is 49. The van der Waals surface area contributed by atoms with E-state index in [0.717, 1.165) is 83.5 Å². The first kappa shape index (κ1) is 79.4. The molecule has 0 saturated carbocycles. The van der Waals surface area contributed by atoms with Crippen molar-refractivity contribution < 1.29 is 28.6 Å². The standard InChI is InChI=1S/C76H140O6/c1-4-7-10-13-16-19-22-25-28-30-32-34-35-36-37-38-39-40-41-43-44-46-48-51-54-57-60-63-66-69-75(78)81-72-73(71-80-74(77)68-65-62-59-56-53-50-27-24-21-18-15-12-9-6-3)82-76(79)70-67-64-61-58-55-52-49-47-45-42-33-31-29-26-23-20-17-14-11-8-5-2/h7,10,16,19,25,28,32,34,73H,4-6,8-9,11-15,17-18,20-24,26-27,29-31,33,35-72H2,1-3H3/b10-7-,19-16-,28-25-,34-32-. The quantitative estimate of drug-likeness (QED) is 0.0261. The molecule has 0 aromatic rings. The molecule has 0 aliphatic heterocycles. The molecule has 0 N–H and O–H groups in total.